The molecule has 1 heterocycles. The Balaban J connectivity index is 1.82. The molecule has 2 N–H and O–H groups in total. The van der Waals surface area contributed by atoms with Gasteiger partial charge in [0.2, 0.25) is 0 Å². The molecule has 0 aromatic heterocycles. The summed E-state index contributed by atoms with van der Waals surface area (Å²) < 4.78 is 6.00. The third-order valence-electron chi connectivity index (χ3n) is 4.77. The van der Waals surface area contributed by atoms with Crippen LogP contribution >= 0.6 is 0 Å². The van der Waals surface area contributed by atoms with E-state index in [0.29, 0.717) is 18.2 Å². The summed E-state index contributed by atoms with van der Waals surface area (Å²) in [5, 5.41) is 0. The van der Waals surface area contributed by atoms with Crippen LogP contribution in [0.2, 0.25) is 0 Å². The molecule has 0 bridgehead atoms. The summed E-state index contributed by atoms with van der Waals surface area (Å²) in [6, 6.07) is 0.414. The molecule has 1 saturated heterocycles. The van der Waals surface area contributed by atoms with Crippen molar-refractivity contribution in [3.63, 3.8) is 0 Å². The maximum Gasteiger partial charge on any atom is 0.0746 e. The highest BCUT2D eigenvalue weighted by atomic mass is 16.5. The van der Waals surface area contributed by atoms with Crippen molar-refractivity contribution in [2.24, 2.45) is 11.7 Å². The van der Waals surface area contributed by atoms with Gasteiger partial charge in [-0.05, 0) is 45.6 Å². The summed E-state index contributed by atoms with van der Waals surface area (Å²) in [6.07, 6.45) is 10.2. The van der Waals surface area contributed by atoms with Crippen LogP contribution in [0.15, 0.2) is 0 Å². The predicted octanol–water partition coefficient (Wildman–Crippen LogP) is 2.39. The van der Waals surface area contributed by atoms with E-state index in [9.17, 15) is 0 Å². The normalized spacial score (nSPS) is 32.0. The largest absolute Gasteiger partial charge is 0.374 e. The summed E-state index contributed by atoms with van der Waals surface area (Å²) in [7, 11) is 2.23. The first-order valence-electron chi connectivity index (χ1n) is 7.76. The van der Waals surface area contributed by atoms with Crippen LogP contribution in [0, 0.1) is 5.92 Å². The minimum Gasteiger partial charge on any atom is -0.374 e. The van der Waals surface area contributed by atoms with Gasteiger partial charge in [-0.3, -0.25) is 4.90 Å². The second-order valence-corrected chi connectivity index (χ2v) is 6.31. The number of nitrogens with zero attached hydrogens (tertiary/aromatic N) is 1. The van der Waals surface area contributed by atoms with E-state index < -0.39 is 0 Å². The highest BCUT2D eigenvalue weighted by molar-refractivity contribution is 4.85. The SMILES string of the molecule is CC1CCC(C(CN)N(C)CC2CCCCC2)O1. The summed E-state index contributed by atoms with van der Waals surface area (Å²) >= 11 is 0. The molecular weight excluding hydrogens is 224 g/mol. The summed E-state index contributed by atoms with van der Waals surface area (Å²) in [5.41, 5.74) is 5.98. The van der Waals surface area contributed by atoms with Crippen LogP contribution in [0.3, 0.4) is 0 Å². The average Bonchev–Trinajstić information content (AvgIpc) is 2.78. The average molecular weight is 254 g/mol. The molecule has 3 atom stereocenters. The van der Waals surface area contributed by atoms with E-state index in [0.717, 1.165) is 12.5 Å². The predicted molar refractivity (Wildman–Crippen MR) is 75.6 cm³/mol. The first-order valence-corrected chi connectivity index (χ1v) is 7.76. The first kappa shape index (κ1) is 14.3. The van der Waals surface area contributed by atoms with Crippen LogP contribution < -0.4 is 5.73 Å². The van der Waals surface area contributed by atoms with E-state index in [1.54, 1.807) is 0 Å². The number of ether oxygens (including phenoxy) is 1. The van der Waals surface area contributed by atoms with E-state index in [2.05, 4.69) is 18.9 Å². The second-order valence-electron chi connectivity index (χ2n) is 6.31. The topological polar surface area (TPSA) is 38.5 Å². The zero-order valence-corrected chi connectivity index (χ0v) is 12.1. The quantitative estimate of drug-likeness (QED) is 0.819. The van der Waals surface area contributed by atoms with Crippen LogP contribution in [0.4, 0.5) is 0 Å². The Morgan fingerprint density at radius 1 is 1.17 bits per heavy atom. The fourth-order valence-corrected chi connectivity index (χ4v) is 3.64. The van der Waals surface area contributed by atoms with Crippen LogP contribution in [-0.4, -0.2) is 43.3 Å². The Morgan fingerprint density at radius 2 is 1.89 bits per heavy atom. The van der Waals surface area contributed by atoms with Crippen molar-refractivity contribution in [3.05, 3.63) is 0 Å². The lowest BCUT2D eigenvalue weighted by Gasteiger charge is -2.35. The van der Waals surface area contributed by atoms with Crippen molar-refractivity contribution in [3.8, 4) is 0 Å². The summed E-state index contributed by atoms with van der Waals surface area (Å²) in [4.78, 5) is 2.47. The summed E-state index contributed by atoms with van der Waals surface area (Å²) in [6.45, 7) is 4.10. The molecule has 0 radical (unpaired) electrons. The van der Waals surface area contributed by atoms with E-state index in [4.69, 9.17) is 10.5 Å². The van der Waals surface area contributed by atoms with Crippen molar-refractivity contribution in [2.45, 2.75) is 70.1 Å². The lowest BCUT2D eigenvalue weighted by atomic mass is 9.88. The third-order valence-corrected chi connectivity index (χ3v) is 4.77. The molecule has 2 aliphatic rings. The highest BCUT2D eigenvalue weighted by Gasteiger charge is 2.32. The highest BCUT2D eigenvalue weighted by Crippen LogP contribution is 2.27. The van der Waals surface area contributed by atoms with Crippen molar-refractivity contribution < 1.29 is 4.74 Å². The molecule has 3 heteroatoms. The number of hydrogen-bond acceptors (Lipinski definition) is 3. The molecule has 0 aromatic rings. The minimum absolute atomic E-state index is 0.360. The molecule has 1 aliphatic carbocycles. The lowest BCUT2D eigenvalue weighted by Crippen LogP contribution is -2.48. The van der Waals surface area contributed by atoms with Crippen LogP contribution in [-0.2, 0) is 4.74 Å². The van der Waals surface area contributed by atoms with E-state index in [1.165, 1.54) is 51.5 Å². The maximum atomic E-state index is 6.00. The minimum atomic E-state index is 0.360. The monoisotopic (exact) mass is 254 g/mol. The van der Waals surface area contributed by atoms with Crippen molar-refractivity contribution in [1.82, 2.24) is 4.90 Å². The molecule has 18 heavy (non-hydrogen) atoms. The van der Waals surface area contributed by atoms with E-state index in [1.807, 2.05) is 0 Å². The van der Waals surface area contributed by atoms with Gasteiger partial charge < -0.3 is 10.5 Å². The van der Waals surface area contributed by atoms with Gasteiger partial charge in [0.1, 0.15) is 0 Å². The Hall–Kier alpha value is -0.120. The Labute approximate surface area is 112 Å². The van der Waals surface area contributed by atoms with Gasteiger partial charge in [0.05, 0.1) is 12.2 Å². The van der Waals surface area contributed by atoms with Crippen LogP contribution in [0.25, 0.3) is 0 Å². The Bertz CT molecular complexity index is 241. The third kappa shape index (κ3) is 3.69. The second kappa shape index (κ2) is 6.88. The number of hydrogen-bond donors (Lipinski definition) is 1. The molecule has 0 amide bonds. The fourth-order valence-electron chi connectivity index (χ4n) is 3.64. The van der Waals surface area contributed by atoms with Crippen molar-refractivity contribution in [2.75, 3.05) is 20.1 Å². The number of nitrogens with two attached hydrogens (primary N) is 1. The molecule has 0 spiro atoms. The van der Waals surface area contributed by atoms with Crippen LogP contribution in [0.1, 0.15) is 51.9 Å². The fraction of sp³-hybridized carbons (Fsp3) is 1.00. The molecule has 3 unspecified atom stereocenters. The molecule has 2 rings (SSSR count). The molecule has 106 valence electrons. The van der Waals surface area contributed by atoms with Gasteiger partial charge in [0, 0.05) is 19.1 Å². The Kier molecular flexibility index (Phi) is 5.46. The first-order chi connectivity index (χ1) is 8.70. The smallest absolute Gasteiger partial charge is 0.0746 e. The molecular formula is C15H30N2O. The molecule has 1 saturated carbocycles. The van der Waals surface area contributed by atoms with Gasteiger partial charge in [-0.15, -0.1) is 0 Å². The zero-order valence-electron chi connectivity index (χ0n) is 12.1. The van der Waals surface area contributed by atoms with Crippen molar-refractivity contribution in [1.29, 1.82) is 0 Å². The van der Waals surface area contributed by atoms with Gasteiger partial charge in [-0.2, -0.15) is 0 Å². The maximum absolute atomic E-state index is 6.00. The Morgan fingerprint density at radius 3 is 2.44 bits per heavy atom. The molecule has 3 nitrogen and oxygen atoms in total. The summed E-state index contributed by atoms with van der Waals surface area (Å²) in [5.74, 6) is 0.886. The standard InChI is InChI=1S/C15H30N2O/c1-12-8-9-15(18-12)14(10-16)17(2)11-13-6-4-3-5-7-13/h12-15H,3-11,16H2,1-2H3. The number of rotatable bonds is 5. The van der Waals surface area contributed by atoms with Gasteiger partial charge in [-0.1, -0.05) is 19.3 Å². The van der Waals surface area contributed by atoms with E-state index in [-0.39, 0.29) is 0 Å². The van der Waals surface area contributed by atoms with Crippen molar-refractivity contribution >= 4 is 0 Å². The van der Waals surface area contributed by atoms with E-state index >= 15 is 0 Å². The van der Waals surface area contributed by atoms with Crippen LogP contribution in [0.5, 0.6) is 0 Å². The molecule has 2 fully saturated rings. The molecule has 1 aliphatic heterocycles. The molecule has 0 aromatic carbocycles. The lowest BCUT2D eigenvalue weighted by molar-refractivity contribution is -0.00196. The van der Waals surface area contributed by atoms with Gasteiger partial charge >= 0.3 is 0 Å². The van der Waals surface area contributed by atoms with Gasteiger partial charge in [0.15, 0.2) is 0 Å². The van der Waals surface area contributed by atoms with Gasteiger partial charge in [-0.25, -0.2) is 0 Å². The number of likely N-dealkylation sites (N-methyl/N-ethyl adjacent to an activating group) is 1. The van der Waals surface area contributed by atoms with Gasteiger partial charge in [0.25, 0.3) is 0 Å². The zero-order chi connectivity index (χ0) is 13.0.